The molecule has 8 heteroatoms. The summed E-state index contributed by atoms with van der Waals surface area (Å²) < 4.78 is 21.1. The van der Waals surface area contributed by atoms with Gasteiger partial charge in [-0.2, -0.15) is 0 Å². The van der Waals surface area contributed by atoms with Crippen LogP contribution in [0.2, 0.25) is 0 Å². The van der Waals surface area contributed by atoms with E-state index in [0.717, 1.165) is 15.8 Å². The van der Waals surface area contributed by atoms with Gasteiger partial charge >= 0.3 is 5.91 Å². The van der Waals surface area contributed by atoms with Gasteiger partial charge in [0, 0.05) is 11.1 Å². The van der Waals surface area contributed by atoms with Crippen molar-refractivity contribution in [1.29, 1.82) is 0 Å². The van der Waals surface area contributed by atoms with Gasteiger partial charge < -0.3 is 9.84 Å². The third-order valence-corrected chi connectivity index (χ3v) is 7.03. The molecule has 1 N–H and O–H groups in total. The van der Waals surface area contributed by atoms with Gasteiger partial charge in [0.05, 0.1) is 22.9 Å². The summed E-state index contributed by atoms with van der Waals surface area (Å²) in [6.45, 7) is 3.89. The number of aliphatic hydroxyl groups excluding tert-OH is 1. The van der Waals surface area contributed by atoms with Gasteiger partial charge in [-0.15, -0.1) is 0 Å². The third-order valence-electron chi connectivity index (χ3n) is 6.03. The number of methoxy groups -OCH3 is 1. The zero-order valence-corrected chi connectivity index (χ0v) is 20.0. The number of nitrogens with zero attached hydrogens (tertiary/aromatic N) is 2. The highest BCUT2D eigenvalue weighted by Crippen LogP contribution is 2.45. The van der Waals surface area contributed by atoms with Crippen LogP contribution in [0.4, 0.5) is 9.52 Å². The van der Waals surface area contributed by atoms with Gasteiger partial charge in [-0.1, -0.05) is 35.6 Å². The molecule has 0 aliphatic carbocycles. The van der Waals surface area contributed by atoms with Crippen LogP contribution >= 0.6 is 11.3 Å². The molecule has 2 heterocycles. The second-order valence-electron chi connectivity index (χ2n) is 8.34. The van der Waals surface area contributed by atoms with Crippen LogP contribution in [0.25, 0.3) is 16.0 Å². The van der Waals surface area contributed by atoms with Crippen molar-refractivity contribution in [3.8, 4) is 5.75 Å². The monoisotopic (exact) mass is 488 g/mol. The number of halogens is 1. The standard InChI is InChI=1S/C27H21FN2O4S/c1-14-12-15(2)22-20(13-14)35-27(29-22)30-23(18-6-4-5-7-19(18)28)21(25(32)26(30)33)24(31)16-8-10-17(34-3)11-9-16/h4-13,23,31H,1-3H3/b24-21+/t23-/m0/s1. The Kier molecular flexibility index (Phi) is 5.61. The summed E-state index contributed by atoms with van der Waals surface area (Å²) in [6, 6.07) is 15.1. The first-order valence-electron chi connectivity index (χ1n) is 10.9. The Morgan fingerprint density at radius 3 is 2.49 bits per heavy atom. The Balaban J connectivity index is 1.74. The van der Waals surface area contributed by atoms with Crippen molar-refractivity contribution in [3.63, 3.8) is 0 Å². The number of benzene rings is 3. The predicted molar refractivity (Wildman–Crippen MR) is 133 cm³/mol. The fourth-order valence-corrected chi connectivity index (χ4v) is 5.56. The van der Waals surface area contributed by atoms with Crippen LogP contribution in [0, 0.1) is 19.7 Å². The highest BCUT2D eigenvalue weighted by molar-refractivity contribution is 7.22. The van der Waals surface area contributed by atoms with Gasteiger partial charge in [-0.25, -0.2) is 9.37 Å². The van der Waals surface area contributed by atoms with Gasteiger partial charge in [0.25, 0.3) is 5.78 Å². The van der Waals surface area contributed by atoms with Crippen LogP contribution in [0.3, 0.4) is 0 Å². The van der Waals surface area contributed by atoms with Crippen LogP contribution in [0.15, 0.2) is 66.2 Å². The molecule has 0 radical (unpaired) electrons. The van der Waals surface area contributed by atoms with Crippen molar-refractivity contribution < 1.29 is 23.8 Å². The molecule has 1 fully saturated rings. The second kappa shape index (κ2) is 8.63. The van der Waals surface area contributed by atoms with Gasteiger partial charge in [0.15, 0.2) is 5.13 Å². The molecule has 3 aromatic carbocycles. The molecule has 176 valence electrons. The normalized spacial score (nSPS) is 17.4. The number of aliphatic hydroxyl groups is 1. The quantitative estimate of drug-likeness (QED) is 0.227. The van der Waals surface area contributed by atoms with Crippen molar-refractivity contribution >= 4 is 44.1 Å². The van der Waals surface area contributed by atoms with E-state index in [9.17, 15) is 14.7 Å². The number of ether oxygens (including phenoxy) is 1. The Hall–Kier alpha value is -4.04. The molecule has 6 nitrogen and oxygen atoms in total. The molecular weight excluding hydrogens is 467 g/mol. The van der Waals surface area contributed by atoms with Crippen LogP contribution in [0.5, 0.6) is 5.75 Å². The Morgan fingerprint density at radius 1 is 1.09 bits per heavy atom. The van der Waals surface area contributed by atoms with E-state index in [4.69, 9.17) is 4.74 Å². The van der Waals surface area contributed by atoms with Crippen LogP contribution in [-0.2, 0) is 9.59 Å². The Bertz CT molecular complexity index is 1520. The molecule has 1 aliphatic rings. The minimum absolute atomic E-state index is 0.0916. The highest BCUT2D eigenvalue weighted by atomic mass is 32.1. The summed E-state index contributed by atoms with van der Waals surface area (Å²) in [5, 5.41) is 11.4. The van der Waals surface area contributed by atoms with Crippen molar-refractivity contribution in [2.24, 2.45) is 0 Å². The number of carbonyl (C=O) groups is 2. The summed E-state index contributed by atoms with van der Waals surface area (Å²) in [6.07, 6.45) is 0. The molecule has 0 bridgehead atoms. The summed E-state index contributed by atoms with van der Waals surface area (Å²) in [4.78, 5) is 32.4. The number of amides is 1. The molecule has 1 aliphatic heterocycles. The van der Waals surface area contributed by atoms with E-state index >= 15 is 4.39 Å². The smallest absolute Gasteiger partial charge is 0.301 e. The number of hydrogen-bond donors (Lipinski definition) is 1. The van der Waals surface area contributed by atoms with Crippen LogP contribution in [0.1, 0.15) is 28.3 Å². The number of ketones is 1. The van der Waals surface area contributed by atoms with E-state index in [-0.39, 0.29) is 16.3 Å². The van der Waals surface area contributed by atoms with Gasteiger partial charge in [-0.05, 0) is 61.4 Å². The molecule has 1 atom stereocenters. The highest BCUT2D eigenvalue weighted by Gasteiger charge is 2.49. The van der Waals surface area contributed by atoms with Crippen LogP contribution < -0.4 is 9.64 Å². The maximum absolute atomic E-state index is 15.1. The minimum atomic E-state index is -1.18. The summed E-state index contributed by atoms with van der Waals surface area (Å²) >= 11 is 1.25. The average molecular weight is 489 g/mol. The molecule has 4 aromatic rings. The molecule has 5 rings (SSSR count). The van der Waals surface area contributed by atoms with Gasteiger partial charge in [0.2, 0.25) is 0 Å². The average Bonchev–Trinajstić information content (AvgIpc) is 3.37. The van der Waals surface area contributed by atoms with E-state index in [1.165, 1.54) is 41.5 Å². The lowest BCUT2D eigenvalue weighted by molar-refractivity contribution is -0.132. The summed E-state index contributed by atoms with van der Waals surface area (Å²) in [5.74, 6) is -2.21. The molecule has 0 unspecified atom stereocenters. The number of Topliss-reactive ketones (excluding diaryl/α,β-unsaturated/α-hetero) is 1. The summed E-state index contributed by atoms with van der Waals surface area (Å²) in [5.41, 5.74) is 2.88. The number of aromatic nitrogens is 1. The first-order valence-corrected chi connectivity index (χ1v) is 11.7. The largest absolute Gasteiger partial charge is 0.507 e. The van der Waals surface area contributed by atoms with Gasteiger partial charge in [-0.3, -0.25) is 14.5 Å². The maximum atomic E-state index is 15.1. The molecule has 0 spiro atoms. The first kappa shape index (κ1) is 22.7. The van der Waals surface area contributed by atoms with E-state index in [1.54, 1.807) is 30.3 Å². The van der Waals surface area contributed by atoms with E-state index in [0.29, 0.717) is 16.8 Å². The van der Waals surface area contributed by atoms with Crippen molar-refractivity contribution in [2.45, 2.75) is 19.9 Å². The van der Waals surface area contributed by atoms with Crippen LogP contribution in [-0.4, -0.2) is 28.9 Å². The number of fused-ring (bicyclic) bond motifs is 1. The Morgan fingerprint density at radius 2 is 1.80 bits per heavy atom. The first-order chi connectivity index (χ1) is 16.8. The predicted octanol–water partition coefficient (Wildman–Crippen LogP) is 5.69. The Labute approximate surface area is 204 Å². The minimum Gasteiger partial charge on any atom is -0.507 e. The zero-order valence-electron chi connectivity index (χ0n) is 19.2. The van der Waals surface area contributed by atoms with Gasteiger partial charge in [0.1, 0.15) is 23.4 Å². The third kappa shape index (κ3) is 3.76. The lowest BCUT2D eigenvalue weighted by Gasteiger charge is -2.23. The molecule has 35 heavy (non-hydrogen) atoms. The number of thiazole rings is 1. The second-order valence-corrected chi connectivity index (χ2v) is 9.35. The number of hydrogen-bond acceptors (Lipinski definition) is 6. The molecular formula is C27H21FN2O4S. The molecule has 1 aromatic heterocycles. The van der Waals surface area contributed by atoms with E-state index in [2.05, 4.69) is 4.98 Å². The number of anilines is 1. The SMILES string of the molecule is COc1ccc(/C(O)=C2\C(=O)C(=O)N(c3nc4c(C)cc(C)cc4s3)[C@H]2c2ccccc2F)cc1. The summed E-state index contributed by atoms with van der Waals surface area (Å²) in [7, 11) is 1.51. The van der Waals surface area contributed by atoms with Crippen molar-refractivity contribution in [2.75, 3.05) is 12.0 Å². The number of rotatable bonds is 4. The lowest BCUT2D eigenvalue weighted by Crippen LogP contribution is -2.29. The number of carbonyl (C=O) groups excluding carboxylic acids is 2. The molecule has 0 saturated carbocycles. The fourth-order valence-electron chi connectivity index (χ4n) is 4.39. The fraction of sp³-hybridized carbons (Fsp3) is 0.148. The van der Waals surface area contributed by atoms with Crippen molar-refractivity contribution in [3.05, 3.63) is 94.3 Å². The number of aryl methyl sites for hydroxylation is 2. The van der Waals surface area contributed by atoms with Crippen molar-refractivity contribution in [1.82, 2.24) is 4.98 Å². The molecule has 1 saturated heterocycles. The van der Waals surface area contributed by atoms with E-state index < -0.39 is 29.3 Å². The zero-order chi connectivity index (χ0) is 24.9. The maximum Gasteiger partial charge on any atom is 0.301 e. The topological polar surface area (TPSA) is 79.7 Å². The molecule has 1 amide bonds. The van der Waals surface area contributed by atoms with E-state index in [1.807, 2.05) is 26.0 Å². The lowest BCUT2D eigenvalue weighted by atomic mass is 9.95.